The van der Waals surface area contributed by atoms with Crippen molar-refractivity contribution in [2.45, 2.75) is 38.0 Å². The third-order valence-electron chi connectivity index (χ3n) is 4.54. The topological polar surface area (TPSA) is 50.5 Å². The molecule has 5 heteroatoms. The lowest BCUT2D eigenvalue weighted by atomic mass is 9.89. The first-order valence-corrected chi connectivity index (χ1v) is 8.65. The van der Waals surface area contributed by atoms with Crippen LogP contribution in [0.5, 0.6) is 0 Å². The molecule has 0 saturated heterocycles. The number of likely N-dealkylation sites (N-methyl/N-ethyl adjacent to an activating group) is 1. The van der Waals surface area contributed by atoms with Crippen LogP contribution in [0.3, 0.4) is 0 Å². The molecular weight excluding hydrogens is 302 g/mol. The molecule has 0 radical (unpaired) electrons. The van der Waals surface area contributed by atoms with Crippen LogP contribution in [-0.2, 0) is 24.8 Å². The zero-order chi connectivity index (χ0) is 16.9. The van der Waals surface area contributed by atoms with Crippen molar-refractivity contribution < 1.29 is 9.84 Å². The Morgan fingerprint density at radius 2 is 2.25 bits per heavy atom. The number of ether oxygens (including phenoxy) is 1. The predicted molar refractivity (Wildman–Crippen MR) is 93.6 cm³/mol. The van der Waals surface area contributed by atoms with Gasteiger partial charge in [-0.3, -0.25) is 9.58 Å². The van der Waals surface area contributed by atoms with E-state index in [0.717, 1.165) is 31.4 Å². The number of aryl methyl sites for hydroxylation is 2. The molecule has 1 aliphatic carbocycles. The van der Waals surface area contributed by atoms with Gasteiger partial charge in [0.1, 0.15) is 0 Å². The van der Waals surface area contributed by atoms with Gasteiger partial charge in [-0.2, -0.15) is 5.10 Å². The number of benzene rings is 1. The number of hydrogen-bond donors (Lipinski definition) is 1. The van der Waals surface area contributed by atoms with Crippen molar-refractivity contribution >= 4 is 0 Å². The molecule has 24 heavy (non-hydrogen) atoms. The number of rotatable bonds is 7. The maximum absolute atomic E-state index is 10.3. The van der Waals surface area contributed by atoms with E-state index in [1.165, 1.54) is 11.1 Å². The predicted octanol–water partition coefficient (Wildman–Crippen LogP) is 2.31. The summed E-state index contributed by atoms with van der Waals surface area (Å²) in [6.45, 7) is 1.73. The average molecular weight is 329 g/mol. The third kappa shape index (κ3) is 4.44. The minimum absolute atomic E-state index is 0.119. The second-order valence-electron chi connectivity index (χ2n) is 6.79. The molecule has 1 aromatic heterocycles. The molecule has 1 aliphatic rings. The van der Waals surface area contributed by atoms with Crippen molar-refractivity contribution in [3.05, 3.63) is 53.3 Å². The molecule has 1 heterocycles. The van der Waals surface area contributed by atoms with E-state index < -0.39 is 6.10 Å². The van der Waals surface area contributed by atoms with Crippen molar-refractivity contribution in [3.63, 3.8) is 0 Å². The Hall–Kier alpha value is -1.69. The first kappa shape index (κ1) is 17.1. The van der Waals surface area contributed by atoms with Crippen molar-refractivity contribution in [1.29, 1.82) is 0 Å². The smallest absolute Gasteiger partial charge is 0.0900 e. The average Bonchev–Trinajstić information content (AvgIpc) is 2.97. The van der Waals surface area contributed by atoms with Gasteiger partial charge in [-0.05, 0) is 37.4 Å². The molecule has 1 N–H and O–H groups in total. The van der Waals surface area contributed by atoms with Gasteiger partial charge in [0.15, 0.2) is 0 Å². The molecule has 2 aromatic rings. The first-order chi connectivity index (χ1) is 11.6. The Labute approximate surface area is 143 Å². The van der Waals surface area contributed by atoms with Gasteiger partial charge in [0, 0.05) is 31.9 Å². The zero-order valence-electron chi connectivity index (χ0n) is 14.6. The van der Waals surface area contributed by atoms with Crippen LogP contribution in [0.4, 0.5) is 0 Å². The van der Waals surface area contributed by atoms with Crippen LogP contribution in [-0.4, -0.2) is 46.1 Å². The fraction of sp³-hybridized carbons (Fsp3) is 0.526. The lowest BCUT2D eigenvalue weighted by Gasteiger charge is -2.27. The van der Waals surface area contributed by atoms with E-state index >= 15 is 0 Å². The maximum atomic E-state index is 10.3. The summed E-state index contributed by atoms with van der Waals surface area (Å²) in [5.41, 5.74) is 3.82. The molecule has 3 rings (SSSR count). The van der Waals surface area contributed by atoms with E-state index in [0.29, 0.717) is 13.2 Å². The normalized spacial score (nSPS) is 18.6. The summed E-state index contributed by atoms with van der Waals surface area (Å²) in [5, 5.41) is 14.5. The third-order valence-corrected chi connectivity index (χ3v) is 4.54. The van der Waals surface area contributed by atoms with E-state index in [-0.39, 0.29) is 6.10 Å². The number of fused-ring (bicyclic) bond motifs is 1. The second-order valence-corrected chi connectivity index (χ2v) is 6.79. The fourth-order valence-corrected chi connectivity index (χ4v) is 3.45. The summed E-state index contributed by atoms with van der Waals surface area (Å²) in [6.07, 6.45) is 6.81. The molecule has 0 aliphatic heterocycles. The van der Waals surface area contributed by atoms with E-state index in [1.54, 1.807) is 4.68 Å². The van der Waals surface area contributed by atoms with E-state index in [2.05, 4.69) is 34.3 Å². The van der Waals surface area contributed by atoms with Crippen LogP contribution in [0.1, 0.15) is 35.6 Å². The molecule has 0 fully saturated rings. The highest BCUT2D eigenvalue weighted by molar-refractivity contribution is 5.31. The minimum Gasteiger partial charge on any atom is -0.389 e. The van der Waals surface area contributed by atoms with E-state index in [1.807, 2.05) is 26.5 Å². The van der Waals surface area contributed by atoms with E-state index in [4.69, 9.17) is 4.74 Å². The van der Waals surface area contributed by atoms with Crippen molar-refractivity contribution in [2.75, 3.05) is 20.2 Å². The lowest BCUT2D eigenvalue weighted by Crippen LogP contribution is -2.32. The van der Waals surface area contributed by atoms with Gasteiger partial charge in [0.25, 0.3) is 0 Å². The Morgan fingerprint density at radius 3 is 3.04 bits per heavy atom. The lowest BCUT2D eigenvalue weighted by molar-refractivity contribution is -0.0265. The summed E-state index contributed by atoms with van der Waals surface area (Å²) in [5.74, 6) is 0. The Balaban J connectivity index is 1.46. The van der Waals surface area contributed by atoms with Crippen molar-refractivity contribution in [3.8, 4) is 0 Å². The van der Waals surface area contributed by atoms with Gasteiger partial charge in [-0.15, -0.1) is 0 Å². The number of hydrogen-bond acceptors (Lipinski definition) is 4. The SMILES string of the molecule is CN(Cc1cnn(C)c1)CC(O)COC1CCCc2ccccc21. The largest absolute Gasteiger partial charge is 0.389 e. The molecule has 0 saturated carbocycles. The standard InChI is InChI=1S/C19H27N3O2/c1-21(11-15-10-20-22(2)12-15)13-17(23)14-24-19-9-5-7-16-6-3-4-8-18(16)19/h3-4,6,8,10,12,17,19,23H,5,7,9,11,13-14H2,1-2H3. The summed E-state index contributed by atoms with van der Waals surface area (Å²) in [6, 6.07) is 8.49. The molecule has 0 spiro atoms. The van der Waals surface area contributed by atoms with Crippen LogP contribution in [0, 0.1) is 0 Å². The summed E-state index contributed by atoms with van der Waals surface area (Å²) in [7, 11) is 3.92. The molecule has 5 nitrogen and oxygen atoms in total. The van der Waals surface area contributed by atoms with Crippen molar-refractivity contribution in [2.24, 2.45) is 7.05 Å². The quantitative estimate of drug-likeness (QED) is 0.847. The Bertz CT molecular complexity index is 656. The van der Waals surface area contributed by atoms with Gasteiger partial charge in [-0.1, -0.05) is 24.3 Å². The van der Waals surface area contributed by atoms with Crippen LogP contribution in [0.25, 0.3) is 0 Å². The van der Waals surface area contributed by atoms with Gasteiger partial charge in [0.05, 0.1) is 25.0 Å². The highest BCUT2D eigenvalue weighted by Gasteiger charge is 2.21. The van der Waals surface area contributed by atoms with Crippen molar-refractivity contribution in [1.82, 2.24) is 14.7 Å². The summed E-state index contributed by atoms with van der Waals surface area (Å²) >= 11 is 0. The molecular formula is C19H27N3O2. The van der Waals surface area contributed by atoms with Gasteiger partial charge in [0.2, 0.25) is 0 Å². The molecule has 2 unspecified atom stereocenters. The minimum atomic E-state index is -0.485. The van der Waals surface area contributed by atoms with Gasteiger partial charge >= 0.3 is 0 Å². The molecule has 1 aromatic carbocycles. The summed E-state index contributed by atoms with van der Waals surface area (Å²) < 4.78 is 7.83. The highest BCUT2D eigenvalue weighted by atomic mass is 16.5. The molecule has 2 atom stereocenters. The number of aliphatic hydroxyl groups excluding tert-OH is 1. The number of aliphatic hydroxyl groups is 1. The fourth-order valence-electron chi connectivity index (χ4n) is 3.45. The molecule has 0 bridgehead atoms. The maximum Gasteiger partial charge on any atom is 0.0900 e. The number of aromatic nitrogens is 2. The summed E-state index contributed by atoms with van der Waals surface area (Å²) in [4.78, 5) is 2.10. The molecule has 0 amide bonds. The zero-order valence-corrected chi connectivity index (χ0v) is 14.6. The monoisotopic (exact) mass is 329 g/mol. The Morgan fingerprint density at radius 1 is 1.42 bits per heavy atom. The van der Waals surface area contributed by atoms with Crippen LogP contribution in [0.2, 0.25) is 0 Å². The highest BCUT2D eigenvalue weighted by Crippen LogP contribution is 2.32. The first-order valence-electron chi connectivity index (χ1n) is 8.65. The van der Waals surface area contributed by atoms with E-state index in [9.17, 15) is 5.11 Å². The Kier molecular flexibility index (Phi) is 5.66. The van der Waals surface area contributed by atoms with Crippen LogP contribution >= 0.6 is 0 Å². The van der Waals surface area contributed by atoms with Crippen LogP contribution < -0.4 is 0 Å². The van der Waals surface area contributed by atoms with Gasteiger partial charge < -0.3 is 9.84 Å². The van der Waals surface area contributed by atoms with Crippen LogP contribution in [0.15, 0.2) is 36.7 Å². The second kappa shape index (κ2) is 7.92. The van der Waals surface area contributed by atoms with Gasteiger partial charge in [-0.25, -0.2) is 0 Å². The molecule has 130 valence electrons. The number of nitrogens with zero attached hydrogens (tertiary/aromatic N) is 3.